The number of ether oxygens (including phenoxy) is 1. The number of anilines is 1. The molecule has 0 bridgehead atoms. The van der Waals surface area contributed by atoms with Crippen molar-refractivity contribution in [2.75, 3.05) is 51.3 Å². The molecule has 0 radical (unpaired) electrons. The van der Waals surface area contributed by atoms with Gasteiger partial charge in [-0.3, -0.25) is 4.90 Å². The summed E-state index contributed by atoms with van der Waals surface area (Å²) in [6.07, 6.45) is -4.79. The van der Waals surface area contributed by atoms with Gasteiger partial charge in [-0.15, -0.1) is 0 Å². The largest absolute Gasteiger partial charge is 0.453 e. The Kier molecular flexibility index (Phi) is 5.70. The highest BCUT2D eigenvalue weighted by Gasteiger charge is 2.31. The molecule has 0 unspecified atom stereocenters. The van der Waals surface area contributed by atoms with Crippen molar-refractivity contribution < 1.29 is 22.7 Å². The van der Waals surface area contributed by atoms with Crippen molar-refractivity contribution in [3.8, 4) is 0 Å². The molecule has 1 N–H and O–H groups in total. The highest BCUT2D eigenvalue weighted by Crippen LogP contribution is 2.31. The molecule has 23 heavy (non-hydrogen) atoms. The second kappa shape index (κ2) is 7.54. The van der Waals surface area contributed by atoms with Gasteiger partial charge < -0.3 is 15.0 Å². The molecule has 5 nitrogen and oxygen atoms in total. The number of nitrogens with zero attached hydrogens (tertiary/aromatic N) is 2. The average Bonchev–Trinajstić information content (AvgIpc) is 2.54. The third-order valence-corrected chi connectivity index (χ3v) is 3.79. The SMILES string of the molecule is COC(=O)NCCN1CCN(c2cccc(C(F)(F)F)c2)CC1. The maximum absolute atomic E-state index is 12.8. The molecular formula is C15H20F3N3O2. The van der Waals surface area contributed by atoms with Crippen LogP contribution in [-0.2, 0) is 10.9 Å². The van der Waals surface area contributed by atoms with Gasteiger partial charge in [0.25, 0.3) is 0 Å². The smallest absolute Gasteiger partial charge is 0.416 e. The van der Waals surface area contributed by atoms with Crippen LogP contribution in [0.5, 0.6) is 0 Å². The number of hydrogen-bond acceptors (Lipinski definition) is 4. The number of piperazine rings is 1. The predicted octanol–water partition coefficient (Wildman–Crippen LogP) is 2.18. The van der Waals surface area contributed by atoms with Gasteiger partial charge in [-0.2, -0.15) is 13.2 Å². The van der Waals surface area contributed by atoms with Gasteiger partial charge in [-0.25, -0.2) is 4.79 Å². The summed E-state index contributed by atoms with van der Waals surface area (Å²) in [5.74, 6) is 0. The van der Waals surface area contributed by atoms with Crippen molar-refractivity contribution in [3.63, 3.8) is 0 Å². The molecule has 1 aliphatic heterocycles. The summed E-state index contributed by atoms with van der Waals surface area (Å²) in [6, 6.07) is 5.40. The van der Waals surface area contributed by atoms with Crippen LogP contribution in [0.15, 0.2) is 24.3 Å². The van der Waals surface area contributed by atoms with E-state index in [1.807, 2.05) is 4.90 Å². The number of carbonyl (C=O) groups is 1. The Morgan fingerprint density at radius 1 is 1.26 bits per heavy atom. The number of methoxy groups -OCH3 is 1. The Labute approximate surface area is 133 Å². The maximum atomic E-state index is 12.8. The van der Waals surface area contributed by atoms with Crippen LogP contribution in [0.25, 0.3) is 0 Å². The zero-order valence-electron chi connectivity index (χ0n) is 12.9. The van der Waals surface area contributed by atoms with E-state index < -0.39 is 17.8 Å². The lowest BCUT2D eigenvalue weighted by Crippen LogP contribution is -2.48. The average molecular weight is 331 g/mol. The third-order valence-electron chi connectivity index (χ3n) is 3.79. The van der Waals surface area contributed by atoms with Crippen molar-refractivity contribution in [2.24, 2.45) is 0 Å². The number of rotatable bonds is 4. The molecule has 128 valence electrons. The molecule has 1 heterocycles. The van der Waals surface area contributed by atoms with Crippen molar-refractivity contribution in [3.05, 3.63) is 29.8 Å². The molecule has 1 aromatic carbocycles. The Hall–Kier alpha value is -1.96. The van der Waals surface area contributed by atoms with E-state index in [9.17, 15) is 18.0 Å². The summed E-state index contributed by atoms with van der Waals surface area (Å²) in [5, 5.41) is 2.61. The van der Waals surface area contributed by atoms with Crippen LogP contribution in [0.1, 0.15) is 5.56 Å². The summed E-state index contributed by atoms with van der Waals surface area (Å²) in [4.78, 5) is 15.0. The maximum Gasteiger partial charge on any atom is 0.416 e. The number of nitrogens with one attached hydrogen (secondary N) is 1. The van der Waals surface area contributed by atoms with Gasteiger partial charge in [0.2, 0.25) is 0 Å². The van der Waals surface area contributed by atoms with Crippen LogP contribution < -0.4 is 10.2 Å². The summed E-state index contributed by atoms with van der Waals surface area (Å²) in [7, 11) is 1.31. The number of benzene rings is 1. The van der Waals surface area contributed by atoms with Gasteiger partial charge in [0.05, 0.1) is 12.7 Å². The monoisotopic (exact) mass is 331 g/mol. The topological polar surface area (TPSA) is 44.8 Å². The summed E-state index contributed by atoms with van der Waals surface area (Å²) in [6.45, 7) is 3.94. The van der Waals surface area contributed by atoms with E-state index in [4.69, 9.17) is 0 Å². The Bertz CT molecular complexity index is 529. The van der Waals surface area contributed by atoms with Crippen molar-refractivity contribution in [1.29, 1.82) is 0 Å². The predicted molar refractivity (Wildman–Crippen MR) is 80.5 cm³/mol. The van der Waals surface area contributed by atoms with E-state index in [2.05, 4.69) is 15.0 Å². The Morgan fingerprint density at radius 3 is 2.57 bits per heavy atom. The summed E-state index contributed by atoms with van der Waals surface area (Å²) >= 11 is 0. The molecule has 1 amide bonds. The fourth-order valence-corrected chi connectivity index (χ4v) is 2.50. The molecule has 0 spiro atoms. The molecule has 0 aromatic heterocycles. The number of alkyl halides is 3. The lowest BCUT2D eigenvalue weighted by molar-refractivity contribution is -0.137. The molecule has 1 aromatic rings. The first-order chi connectivity index (χ1) is 10.9. The lowest BCUT2D eigenvalue weighted by Gasteiger charge is -2.36. The van der Waals surface area contributed by atoms with Gasteiger partial charge in [0.1, 0.15) is 0 Å². The Balaban J connectivity index is 1.84. The van der Waals surface area contributed by atoms with E-state index in [0.29, 0.717) is 31.9 Å². The van der Waals surface area contributed by atoms with Gasteiger partial charge >= 0.3 is 12.3 Å². The quantitative estimate of drug-likeness (QED) is 0.919. The van der Waals surface area contributed by atoms with E-state index >= 15 is 0 Å². The molecule has 8 heteroatoms. The molecule has 0 atom stereocenters. The highest BCUT2D eigenvalue weighted by atomic mass is 19.4. The van der Waals surface area contributed by atoms with Gasteiger partial charge in [-0.05, 0) is 18.2 Å². The van der Waals surface area contributed by atoms with Crippen LogP contribution in [0.2, 0.25) is 0 Å². The molecule has 2 rings (SSSR count). The third kappa shape index (κ3) is 5.02. The van der Waals surface area contributed by atoms with E-state index in [1.165, 1.54) is 19.2 Å². The van der Waals surface area contributed by atoms with Crippen LogP contribution >= 0.6 is 0 Å². The van der Waals surface area contributed by atoms with Crippen molar-refractivity contribution in [1.82, 2.24) is 10.2 Å². The molecule has 1 saturated heterocycles. The first-order valence-electron chi connectivity index (χ1n) is 7.36. The van der Waals surface area contributed by atoms with Crippen LogP contribution in [0.3, 0.4) is 0 Å². The minimum absolute atomic E-state index is 0.465. The molecular weight excluding hydrogens is 311 g/mol. The van der Waals surface area contributed by atoms with E-state index in [-0.39, 0.29) is 0 Å². The number of hydrogen-bond donors (Lipinski definition) is 1. The molecule has 0 saturated carbocycles. The molecule has 1 aliphatic rings. The zero-order valence-corrected chi connectivity index (χ0v) is 12.9. The number of alkyl carbamates (subject to hydrolysis) is 1. The normalized spacial score (nSPS) is 16.3. The fraction of sp³-hybridized carbons (Fsp3) is 0.533. The second-order valence-corrected chi connectivity index (χ2v) is 5.30. The second-order valence-electron chi connectivity index (χ2n) is 5.30. The summed E-state index contributed by atoms with van der Waals surface area (Å²) in [5.41, 5.74) is -0.0353. The van der Waals surface area contributed by atoms with E-state index in [1.54, 1.807) is 6.07 Å². The fourth-order valence-electron chi connectivity index (χ4n) is 2.50. The standard InChI is InChI=1S/C15H20F3N3O2/c1-23-14(22)19-5-6-20-7-9-21(10-8-20)13-4-2-3-12(11-13)15(16,17)18/h2-4,11H,5-10H2,1H3,(H,19,22). The van der Waals surface area contributed by atoms with Crippen molar-refractivity contribution >= 4 is 11.8 Å². The summed E-state index contributed by atoms with van der Waals surface area (Å²) < 4.78 is 42.8. The minimum Gasteiger partial charge on any atom is -0.453 e. The highest BCUT2D eigenvalue weighted by molar-refractivity contribution is 5.66. The number of halogens is 3. The minimum atomic E-state index is -4.32. The number of amides is 1. The van der Waals surface area contributed by atoms with Crippen molar-refractivity contribution in [2.45, 2.75) is 6.18 Å². The zero-order chi connectivity index (χ0) is 16.9. The molecule has 0 aliphatic carbocycles. The van der Waals surface area contributed by atoms with Crippen LogP contribution in [0, 0.1) is 0 Å². The lowest BCUT2D eigenvalue weighted by atomic mass is 10.1. The van der Waals surface area contributed by atoms with E-state index in [0.717, 1.165) is 19.2 Å². The van der Waals surface area contributed by atoms with Crippen LogP contribution in [0.4, 0.5) is 23.7 Å². The Morgan fingerprint density at radius 2 is 1.96 bits per heavy atom. The molecule has 1 fully saturated rings. The number of carbonyl (C=O) groups excluding carboxylic acids is 1. The van der Waals surface area contributed by atoms with Gasteiger partial charge in [-0.1, -0.05) is 6.07 Å². The first-order valence-corrected chi connectivity index (χ1v) is 7.36. The first kappa shape index (κ1) is 17.4. The van der Waals surface area contributed by atoms with Gasteiger partial charge in [0, 0.05) is 45.0 Å². The van der Waals surface area contributed by atoms with Crippen LogP contribution in [-0.4, -0.2) is 57.4 Å². The van der Waals surface area contributed by atoms with Gasteiger partial charge in [0.15, 0.2) is 0 Å².